The predicted molar refractivity (Wildman–Crippen MR) is 172 cm³/mol. The SMILES string of the molecule is CC(C)(C)OC(=O)N(C(=O)[C@H](Cc1ccccc1)C[C@H](O)[C@@H](N)Cc1ccc2ccccc2c1)[C@H]1c2ccccc2C[C@H]1O. The van der Waals surface area contributed by atoms with Gasteiger partial charge in [0.05, 0.1) is 18.2 Å². The van der Waals surface area contributed by atoms with Crippen LogP contribution in [0.25, 0.3) is 10.8 Å². The summed E-state index contributed by atoms with van der Waals surface area (Å²) in [5.41, 5.74) is 9.16. The lowest BCUT2D eigenvalue weighted by atomic mass is 9.88. The third kappa shape index (κ3) is 7.36. The number of fused-ring (bicyclic) bond motifs is 2. The molecule has 0 unspecified atom stereocenters. The quantitative estimate of drug-likeness (QED) is 0.228. The van der Waals surface area contributed by atoms with Crippen molar-refractivity contribution in [2.75, 3.05) is 0 Å². The number of imide groups is 1. The Balaban J connectivity index is 1.44. The number of carbonyl (C=O) groups excluding carboxylic acids is 2. The van der Waals surface area contributed by atoms with Crippen LogP contribution in [0.15, 0.2) is 97.1 Å². The smallest absolute Gasteiger partial charge is 0.417 e. The molecular formula is C37H42N2O5. The Morgan fingerprint density at radius 1 is 0.886 bits per heavy atom. The average molecular weight is 595 g/mol. The number of ether oxygens (including phenoxy) is 1. The van der Waals surface area contributed by atoms with Gasteiger partial charge in [0.25, 0.3) is 0 Å². The van der Waals surface area contributed by atoms with Crippen LogP contribution in [0, 0.1) is 5.92 Å². The summed E-state index contributed by atoms with van der Waals surface area (Å²) in [7, 11) is 0. The molecule has 44 heavy (non-hydrogen) atoms. The van der Waals surface area contributed by atoms with Crippen LogP contribution in [0.5, 0.6) is 0 Å². The molecule has 1 aliphatic carbocycles. The van der Waals surface area contributed by atoms with Crippen molar-refractivity contribution in [2.45, 2.75) is 76.3 Å². The Bertz CT molecular complexity index is 1600. The number of aliphatic hydroxyl groups is 2. The summed E-state index contributed by atoms with van der Waals surface area (Å²) in [5.74, 6) is -1.32. The van der Waals surface area contributed by atoms with Gasteiger partial charge in [-0.2, -0.15) is 0 Å². The van der Waals surface area contributed by atoms with Crippen LogP contribution < -0.4 is 5.73 Å². The average Bonchev–Trinajstić information content (AvgIpc) is 3.31. The van der Waals surface area contributed by atoms with Gasteiger partial charge in [-0.15, -0.1) is 0 Å². The highest BCUT2D eigenvalue weighted by Crippen LogP contribution is 2.38. The molecule has 0 heterocycles. The highest BCUT2D eigenvalue weighted by Gasteiger charge is 2.45. The molecule has 0 spiro atoms. The molecule has 0 saturated carbocycles. The number of carbonyl (C=O) groups is 2. The summed E-state index contributed by atoms with van der Waals surface area (Å²) in [5, 5.41) is 24.8. The minimum absolute atomic E-state index is 0.0340. The number of rotatable bonds is 9. The van der Waals surface area contributed by atoms with Gasteiger partial charge in [-0.3, -0.25) is 4.79 Å². The van der Waals surface area contributed by atoms with Gasteiger partial charge in [0.1, 0.15) is 5.60 Å². The van der Waals surface area contributed by atoms with E-state index in [-0.39, 0.29) is 12.8 Å². The number of aliphatic hydroxyl groups excluding tert-OH is 2. The molecule has 1 aliphatic rings. The fraction of sp³-hybridized carbons (Fsp3) is 0.351. The first kappa shape index (κ1) is 31.4. The van der Waals surface area contributed by atoms with E-state index in [9.17, 15) is 19.8 Å². The third-order valence-electron chi connectivity index (χ3n) is 8.25. The van der Waals surface area contributed by atoms with Gasteiger partial charge in [-0.05, 0) is 73.1 Å². The van der Waals surface area contributed by atoms with E-state index >= 15 is 0 Å². The molecule has 0 aromatic heterocycles. The van der Waals surface area contributed by atoms with E-state index in [4.69, 9.17) is 10.5 Å². The Hall–Kier alpha value is -4.04. The summed E-state index contributed by atoms with van der Waals surface area (Å²) in [6.07, 6.45) is -1.79. The summed E-state index contributed by atoms with van der Waals surface area (Å²) >= 11 is 0. The molecular weight excluding hydrogens is 552 g/mol. The van der Waals surface area contributed by atoms with Gasteiger partial charge in [0, 0.05) is 18.4 Å². The standard InChI is InChI=1S/C37H42N2O5/c1-37(2,3)44-36(43)39(34-30-16-10-9-15-28(30)22-33(34)41)35(42)29(19-24-11-5-4-6-12-24)23-32(40)31(38)21-25-17-18-26-13-7-8-14-27(26)20-25/h4-18,20,29,31-34,40-41H,19,21-23,38H2,1-3H3/t29-,31+,32+,33-,34+/m1/s1. The zero-order chi connectivity index (χ0) is 31.4. The van der Waals surface area contributed by atoms with Crippen molar-refractivity contribution in [3.63, 3.8) is 0 Å². The highest BCUT2D eigenvalue weighted by molar-refractivity contribution is 5.94. The van der Waals surface area contributed by atoms with Gasteiger partial charge < -0.3 is 20.7 Å². The zero-order valence-corrected chi connectivity index (χ0v) is 25.6. The van der Waals surface area contributed by atoms with Crippen LogP contribution in [0.1, 0.15) is 55.5 Å². The van der Waals surface area contributed by atoms with Crippen LogP contribution in [0.3, 0.4) is 0 Å². The fourth-order valence-corrected chi connectivity index (χ4v) is 6.12. The normalized spacial score (nSPS) is 18.3. The molecule has 7 heteroatoms. The van der Waals surface area contributed by atoms with E-state index in [2.05, 4.69) is 6.07 Å². The molecule has 0 aliphatic heterocycles. The second-order valence-corrected chi connectivity index (χ2v) is 12.8. The van der Waals surface area contributed by atoms with E-state index in [0.717, 1.165) is 32.4 Å². The molecule has 0 radical (unpaired) electrons. The summed E-state index contributed by atoms with van der Waals surface area (Å²) < 4.78 is 5.73. The van der Waals surface area contributed by atoms with Gasteiger partial charge >= 0.3 is 6.09 Å². The molecule has 5 rings (SSSR count). The van der Waals surface area contributed by atoms with Crippen LogP contribution in [-0.2, 0) is 28.8 Å². The molecule has 4 N–H and O–H groups in total. The summed E-state index contributed by atoms with van der Waals surface area (Å²) in [6, 6.07) is 29.6. The third-order valence-corrected chi connectivity index (χ3v) is 8.25. The largest absolute Gasteiger partial charge is 0.443 e. The van der Waals surface area contributed by atoms with Crippen LogP contribution in [0.4, 0.5) is 4.79 Å². The lowest BCUT2D eigenvalue weighted by Crippen LogP contribution is -2.49. The molecule has 0 fully saturated rings. The Kier molecular flexibility index (Phi) is 9.49. The lowest BCUT2D eigenvalue weighted by molar-refractivity contribution is -0.140. The molecule has 4 aromatic carbocycles. The summed E-state index contributed by atoms with van der Waals surface area (Å²) in [6.45, 7) is 5.22. The van der Waals surface area contributed by atoms with E-state index in [0.29, 0.717) is 18.4 Å². The van der Waals surface area contributed by atoms with Gasteiger partial charge in [-0.25, -0.2) is 9.69 Å². The number of benzene rings is 4. The zero-order valence-electron chi connectivity index (χ0n) is 25.6. The second-order valence-electron chi connectivity index (χ2n) is 12.8. The molecule has 7 nitrogen and oxygen atoms in total. The fourth-order valence-electron chi connectivity index (χ4n) is 6.12. The number of hydrogen-bond donors (Lipinski definition) is 3. The maximum atomic E-state index is 14.5. The van der Waals surface area contributed by atoms with Gasteiger partial charge in [0.15, 0.2) is 0 Å². The molecule has 230 valence electrons. The van der Waals surface area contributed by atoms with Gasteiger partial charge in [-0.1, -0.05) is 97.1 Å². The molecule has 5 atom stereocenters. The minimum atomic E-state index is -1.03. The Labute approximate surface area is 259 Å². The van der Waals surface area contributed by atoms with Crippen LogP contribution >= 0.6 is 0 Å². The monoisotopic (exact) mass is 594 g/mol. The predicted octanol–water partition coefficient (Wildman–Crippen LogP) is 5.74. The second kappa shape index (κ2) is 13.3. The van der Waals surface area contributed by atoms with E-state index in [1.165, 1.54) is 0 Å². The number of amides is 2. The molecule has 4 aromatic rings. The van der Waals surface area contributed by atoms with Crippen molar-refractivity contribution in [2.24, 2.45) is 11.7 Å². The Morgan fingerprint density at radius 2 is 1.55 bits per heavy atom. The minimum Gasteiger partial charge on any atom is -0.443 e. The number of nitrogens with zero attached hydrogens (tertiary/aromatic N) is 1. The number of hydrogen-bond acceptors (Lipinski definition) is 6. The van der Waals surface area contributed by atoms with Crippen LogP contribution in [-0.4, -0.2) is 51.0 Å². The van der Waals surface area contributed by atoms with Crippen molar-refractivity contribution in [1.82, 2.24) is 4.90 Å². The van der Waals surface area contributed by atoms with Crippen molar-refractivity contribution >= 4 is 22.8 Å². The molecule has 0 bridgehead atoms. The summed E-state index contributed by atoms with van der Waals surface area (Å²) in [4.78, 5) is 29.4. The van der Waals surface area contributed by atoms with Crippen molar-refractivity contribution in [3.8, 4) is 0 Å². The maximum Gasteiger partial charge on any atom is 0.417 e. The topological polar surface area (TPSA) is 113 Å². The molecule has 0 saturated heterocycles. The first-order chi connectivity index (χ1) is 21.0. The Morgan fingerprint density at radius 3 is 2.27 bits per heavy atom. The van der Waals surface area contributed by atoms with E-state index in [1.807, 2.05) is 91.0 Å². The van der Waals surface area contributed by atoms with Crippen molar-refractivity contribution in [1.29, 1.82) is 0 Å². The maximum absolute atomic E-state index is 14.5. The number of nitrogens with two attached hydrogens (primary N) is 1. The first-order valence-corrected chi connectivity index (χ1v) is 15.3. The van der Waals surface area contributed by atoms with Crippen LogP contribution in [0.2, 0.25) is 0 Å². The van der Waals surface area contributed by atoms with E-state index in [1.54, 1.807) is 20.8 Å². The van der Waals surface area contributed by atoms with E-state index < -0.39 is 47.8 Å². The molecule has 2 amide bonds. The highest BCUT2D eigenvalue weighted by atomic mass is 16.6. The van der Waals surface area contributed by atoms with Crippen molar-refractivity contribution in [3.05, 3.63) is 119 Å². The van der Waals surface area contributed by atoms with Crippen molar-refractivity contribution < 1.29 is 24.5 Å². The van der Waals surface area contributed by atoms with Gasteiger partial charge in [0.2, 0.25) is 5.91 Å². The lowest BCUT2D eigenvalue weighted by Gasteiger charge is -2.35. The first-order valence-electron chi connectivity index (χ1n) is 15.3.